The maximum atomic E-state index is 11.0. The molecule has 1 aromatic carbocycles. The minimum atomic E-state index is -2.94. The van der Waals surface area contributed by atoms with E-state index in [1.807, 2.05) is 36.4 Å². The lowest BCUT2D eigenvalue weighted by atomic mass is 10.1. The smallest absolute Gasteiger partial charge is 0.151 e. The monoisotopic (exact) mass is 225 g/mol. The summed E-state index contributed by atoms with van der Waals surface area (Å²) in [4.78, 5) is 0. The van der Waals surface area contributed by atoms with Gasteiger partial charge in [-0.1, -0.05) is 36.4 Å². The van der Waals surface area contributed by atoms with Gasteiger partial charge in [0.25, 0.3) is 0 Å². The molecule has 0 aliphatic carbocycles. The van der Waals surface area contributed by atoms with E-state index in [-0.39, 0.29) is 5.75 Å². The Bertz CT molecular complexity index is 432. The molecule has 82 valence electrons. The fourth-order valence-corrected chi connectivity index (χ4v) is 2.03. The van der Waals surface area contributed by atoms with E-state index in [1.54, 1.807) is 0 Å². The first kappa shape index (κ1) is 11.9. The molecular formula is C11H15NO2S. The highest BCUT2D eigenvalue weighted by Crippen LogP contribution is 2.08. The van der Waals surface area contributed by atoms with Gasteiger partial charge in [0, 0.05) is 12.8 Å². The summed E-state index contributed by atoms with van der Waals surface area (Å²) in [5.41, 5.74) is 7.16. The molecule has 1 rings (SSSR count). The molecule has 0 aliphatic rings. The highest BCUT2D eigenvalue weighted by Gasteiger charge is 2.03. The molecular weight excluding hydrogens is 210 g/mol. The van der Waals surface area contributed by atoms with Crippen molar-refractivity contribution in [1.29, 1.82) is 0 Å². The van der Waals surface area contributed by atoms with E-state index in [1.165, 1.54) is 6.26 Å². The van der Waals surface area contributed by atoms with E-state index in [0.717, 1.165) is 11.1 Å². The first-order chi connectivity index (χ1) is 7.01. The highest BCUT2D eigenvalue weighted by molar-refractivity contribution is 7.89. The lowest BCUT2D eigenvalue weighted by molar-refractivity contribution is 0.601. The second-order valence-corrected chi connectivity index (χ2v) is 5.59. The van der Waals surface area contributed by atoms with Crippen LogP contribution >= 0.6 is 0 Å². The average molecular weight is 225 g/mol. The third kappa shape index (κ3) is 4.76. The van der Waals surface area contributed by atoms with Crippen LogP contribution in [-0.4, -0.2) is 21.2 Å². The zero-order valence-electron chi connectivity index (χ0n) is 8.68. The van der Waals surface area contributed by atoms with Crippen LogP contribution in [0.4, 0.5) is 0 Å². The van der Waals surface area contributed by atoms with Gasteiger partial charge in [0.1, 0.15) is 0 Å². The SMILES string of the molecule is CS(=O)(=O)Cc1ccc(/C=C/CN)cc1. The summed E-state index contributed by atoms with van der Waals surface area (Å²) in [6.45, 7) is 0.505. The standard InChI is InChI=1S/C11H15NO2S/c1-15(13,14)9-11-6-4-10(5-7-11)3-2-8-12/h2-7H,8-9,12H2,1H3/b3-2+. The number of rotatable bonds is 4. The van der Waals surface area contributed by atoms with Crippen molar-refractivity contribution in [3.8, 4) is 0 Å². The van der Waals surface area contributed by atoms with Crippen LogP contribution < -0.4 is 5.73 Å². The van der Waals surface area contributed by atoms with Crippen molar-refractivity contribution in [3.63, 3.8) is 0 Å². The van der Waals surface area contributed by atoms with Crippen molar-refractivity contribution in [2.45, 2.75) is 5.75 Å². The third-order valence-corrected chi connectivity index (χ3v) is 2.71. The maximum Gasteiger partial charge on any atom is 0.151 e. The Morgan fingerprint density at radius 2 is 1.87 bits per heavy atom. The molecule has 1 aromatic rings. The van der Waals surface area contributed by atoms with Crippen LogP contribution in [0.15, 0.2) is 30.3 Å². The second kappa shape index (κ2) is 5.09. The van der Waals surface area contributed by atoms with Crippen LogP contribution in [0.2, 0.25) is 0 Å². The van der Waals surface area contributed by atoms with Gasteiger partial charge in [0.2, 0.25) is 0 Å². The van der Waals surface area contributed by atoms with E-state index in [9.17, 15) is 8.42 Å². The third-order valence-electron chi connectivity index (χ3n) is 1.85. The van der Waals surface area contributed by atoms with Crippen molar-refractivity contribution in [2.24, 2.45) is 5.73 Å². The maximum absolute atomic E-state index is 11.0. The lowest BCUT2D eigenvalue weighted by Gasteiger charge is -1.99. The second-order valence-electron chi connectivity index (χ2n) is 3.45. The molecule has 0 atom stereocenters. The van der Waals surface area contributed by atoms with Gasteiger partial charge in [0.05, 0.1) is 5.75 Å². The first-order valence-electron chi connectivity index (χ1n) is 4.64. The molecule has 0 aliphatic heterocycles. The summed E-state index contributed by atoms with van der Waals surface area (Å²) >= 11 is 0. The Morgan fingerprint density at radius 1 is 1.27 bits per heavy atom. The van der Waals surface area contributed by atoms with Gasteiger partial charge in [-0.05, 0) is 11.1 Å². The van der Waals surface area contributed by atoms with Gasteiger partial charge in [-0.3, -0.25) is 0 Å². The molecule has 0 bridgehead atoms. The predicted octanol–water partition coefficient (Wildman–Crippen LogP) is 1.20. The van der Waals surface area contributed by atoms with Crippen LogP contribution in [0.1, 0.15) is 11.1 Å². The van der Waals surface area contributed by atoms with E-state index in [2.05, 4.69) is 0 Å². The van der Waals surface area contributed by atoms with E-state index in [0.29, 0.717) is 6.54 Å². The summed E-state index contributed by atoms with van der Waals surface area (Å²) in [5.74, 6) is 0.0912. The van der Waals surface area contributed by atoms with Crippen molar-refractivity contribution < 1.29 is 8.42 Å². The van der Waals surface area contributed by atoms with Crippen molar-refractivity contribution in [1.82, 2.24) is 0 Å². The summed E-state index contributed by atoms with van der Waals surface area (Å²) in [5, 5.41) is 0. The van der Waals surface area contributed by atoms with Crippen LogP contribution in [-0.2, 0) is 15.6 Å². The number of hydrogen-bond donors (Lipinski definition) is 1. The van der Waals surface area contributed by atoms with Crippen molar-refractivity contribution in [2.75, 3.05) is 12.8 Å². The number of nitrogens with two attached hydrogens (primary N) is 1. The minimum Gasteiger partial charge on any atom is -0.327 e. The van der Waals surface area contributed by atoms with Gasteiger partial charge < -0.3 is 5.73 Å². The molecule has 3 nitrogen and oxygen atoms in total. The van der Waals surface area contributed by atoms with Crippen LogP contribution in [0.3, 0.4) is 0 Å². The molecule has 0 aromatic heterocycles. The van der Waals surface area contributed by atoms with Crippen molar-refractivity contribution >= 4 is 15.9 Å². The Morgan fingerprint density at radius 3 is 2.33 bits per heavy atom. The summed E-state index contributed by atoms with van der Waals surface area (Å²) in [6, 6.07) is 7.40. The van der Waals surface area contributed by atoms with Gasteiger partial charge in [-0.25, -0.2) is 8.42 Å². The minimum absolute atomic E-state index is 0.0912. The van der Waals surface area contributed by atoms with Crippen LogP contribution in [0, 0.1) is 0 Å². The predicted molar refractivity (Wildman–Crippen MR) is 63.1 cm³/mol. The van der Waals surface area contributed by atoms with Gasteiger partial charge in [-0.2, -0.15) is 0 Å². The molecule has 2 N–H and O–H groups in total. The molecule has 15 heavy (non-hydrogen) atoms. The Balaban J connectivity index is 2.77. The van der Waals surface area contributed by atoms with Crippen LogP contribution in [0.25, 0.3) is 6.08 Å². The van der Waals surface area contributed by atoms with Gasteiger partial charge in [0.15, 0.2) is 9.84 Å². The summed E-state index contributed by atoms with van der Waals surface area (Å²) in [6.07, 6.45) is 4.99. The summed E-state index contributed by atoms with van der Waals surface area (Å²) in [7, 11) is -2.94. The molecule has 0 spiro atoms. The largest absolute Gasteiger partial charge is 0.327 e. The zero-order valence-corrected chi connectivity index (χ0v) is 9.50. The molecule has 0 saturated heterocycles. The molecule has 0 fully saturated rings. The summed E-state index contributed by atoms with van der Waals surface area (Å²) < 4.78 is 22.1. The van der Waals surface area contributed by atoms with Crippen molar-refractivity contribution in [3.05, 3.63) is 41.5 Å². The fraction of sp³-hybridized carbons (Fsp3) is 0.273. The molecule has 0 saturated carbocycles. The Labute approximate surface area is 90.5 Å². The molecule has 4 heteroatoms. The number of benzene rings is 1. The quantitative estimate of drug-likeness (QED) is 0.837. The fourth-order valence-electron chi connectivity index (χ4n) is 1.23. The Kier molecular flexibility index (Phi) is 4.05. The molecule has 0 heterocycles. The number of hydrogen-bond acceptors (Lipinski definition) is 3. The lowest BCUT2D eigenvalue weighted by Crippen LogP contribution is -2.00. The van der Waals surface area contributed by atoms with Gasteiger partial charge >= 0.3 is 0 Å². The first-order valence-corrected chi connectivity index (χ1v) is 6.70. The van der Waals surface area contributed by atoms with E-state index < -0.39 is 9.84 Å². The highest BCUT2D eigenvalue weighted by atomic mass is 32.2. The average Bonchev–Trinajstić information content (AvgIpc) is 2.14. The Hall–Kier alpha value is -1.13. The molecule has 0 unspecified atom stereocenters. The van der Waals surface area contributed by atoms with E-state index >= 15 is 0 Å². The van der Waals surface area contributed by atoms with E-state index in [4.69, 9.17) is 5.73 Å². The topological polar surface area (TPSA) is 60.2 Å². The van der Waals surface area contributed by atoms with Crippen LogP contribution in [0.5, 0.6) is 0 Å². The molecule has 0 radical (unpaired) electrons. The normalized spacial score (nSPS) is 12.1. The zero-order chi connectivity index (χ0) is 11.3. The van der Waals surface area contributed by atoms with Gasteiger partial charge in [-0.15, -0.1) is 0 Å². The molecule has 0 amide bonds. The number of sulfone groups is 1.